The van der Waals surface area contributed by atoms with E-state index in [0.717, 1.165) is 37.2 Å². The van der Waals surface area contributed by atoms with E-state index in [4.69, 9.17) is 4.74 Å². The maximum atomic E-state index is 13.6. The van der Waals surface area contributed by atoms with Crippen molar-refractivity contribution in [1.29, 1.82) is 0 Å². The first-order chi connectivity index (χ1) is 16.3. The van der Waals surface area contributed by atoms with Gasteiger partial charge < -0.3 is 15.2 Å². The summed E-state index contributed by atoms with van der Waals surface area (Å²) in [5.41, 5.74) is 4.29. The zero-order valence-electron chi connectivity index (χ0n) is 19.7. The molecule has 0 spiro atoms. The van der Waals surface area contributed by atoms with Crippen molar-refractivity contribution in [3.05, 3.63) is 76.8 Å². The largest absolute Gasteiger partial charge is 0.482 e. The van der Waals surface area contributed by atoms with Crippen molar-refractivity contribution in [3.63, 3.8) is 0 Å². The van der Waals surface area contributed by atoms with E-state index in [1.165, 1.54) is 30.5 Å². The van der Waals surface area contributed by atoms with Gasteiger partial charge >= 0.3 is 0 Å². The van der Waals surface area contributed by atoms with Gasteiger partial charge in [-0.25, -0.2) is 4.39 Å². The Morgan fingerprint density at radius 1 is 1.21 bits per heavy atom. The van der Waals surface area contributed by atoms with Gasteiger partial charge in [0.15, 0.2) is 0 Å². The van der Waals surface area contributed by atoms with Crippen LogP contribution < -0.4 is 5.32 Å². The van der Waals surface area contributed by atoms with Gasteiger partial charge in [0, 0.05) is 30.8 Å². The van der Waals surface area contributed by atoms with E-state index in [9.17, 15) is 14.3 Å². The lowest BCUT2D eigenvalue weighted by Crippen LogP contribution is -2.35. The van der Waals surface area contributed by atoms with Gasteiger partial charge in [-0.15, -0.1) is 0 Å². The molecule has 1 amide bonds. The lowest BCUT2D eigenvalue weighted by Gasteiger charge is -2.32. The second-order valence-corrected chi connectivity index (χ2v) is 10.0. The summed E-state index contributed by atoms with van der Waals surface area (Å²) in [5, 5.41) is 12.0. The molecule has 3 heterocycles. The smallest absolute Gasteiger partial charge is 0.260 e. The third-order valence-corrected chi connectivity index (χ3v) is 7.07. The molecule has 178 valence electrons. The molecule has 0 aromatic heterocycles. The van der Waals surface area contributed by atoms with E-state index >= 15 is 0 Å². The number of ether oxygens (including phenoxy) is 1. The number of rotatable bonds is 5. The molecule has 5 rings (SSSR count). The molecule has 0 radical (unpaired) electrons. The van der Waals surface area contributed by atoms with Crippen molar-refractivity contribution >= 4 is 22.7 Å². The van der Waals surface area contributed by atoms with E-state index in [1.54, 1.807) is 6.07 Å². The summed E-state index contributed by atoms with van der Waals surface area (Å²) < 4.78 is 19.9. The topological polar surface area (TPSA) is 61.8 Å². The molecule has 2 N–H and O–H groups in total. The molecule has 0 bridgehead atoms. The van der Waals surface area contributed by atoms with Crippen LogP contribution in [0.4, 0.5) is 10.1 Å². The summed E-state index contributed by atoms with van der Waals surface area (Å²) in [6, 6.07) is 12.9. The number of nitrogens with one attached hydrogen (secondary N) is 1. The summed E-state index contributed by atoms with van der Waals surface area (Å²) >= 11 is 0. The Hall–Kier alpha value is -2.96. The van der Waals surface area contributed by atoms with Crippen LogP contribution in [0.3, 0.4) is 0 Å². The average molecular weight is 463 g/mol. The summed E-state index contributed by atoms with van der Waals surface area (Å²) in [6.45, 7) is 7.30. The van der Waals surface area contributed by atoms with E-state index in [1.807, 2.05) is 19.9 Å². The molecule has 1 atom stereocenters. The molecule has 1 saturated heterocycles. The molecule has 0 aliphatic carbocycles. The molecule has 2 aromatic carbocycles. The third-order valence-electron chi connectivity index (χ3n) is 7.07. The predicted octanol–water partition coefficient (Wildman–Crippen LogP) is 4.98. The first-order valence-electron chi connectivity index (χ1n) is 12.0. The minimum absolute atomic E-state index is 0.266. The number of hydrogen-bond donors (Lipinski definition) is 2. The molecule has 3 aliphatic heterocycles. The van der Waals surface area contributed by atoms with Gasteiger partial charge in [0.1, 0.15) is 17.2 Å². The Morgan fingerprint density at radius 2 is 2.00 bits per heavy atom. The van der Waals surface area contributed by atoms with Crippen molar-refractivity contribution in [3.8, 4) is 0 Å². The summed E-state index contributed by atoms with van der Waals surface area (Å²) in [7, 11) is 0. The number of nitrogens with zero attached hydrogens (tertiary/aromatic N) is 1. The number of carbonyl (C=O) groups excluding carboxylic acids is 1. The van der Waals surface area contributed by atoms with Gasteiger partial charge in [-0.2, -0.15) is 0 Å². The van der Waals surface area contributed by atoms with Crippen LogP contribution in [0.5, 0.6) is 0 Å². The van der Waals surface area contributed by atoms with E-state index in [2.05, 4.69) is 34.5 Å². The van der Waals surface area contributed by atoms with Crippen molar-refractivity contribution in [2.24, 2.45) is 5.92 Å². The van der Waals surface area contributed by atoms with Gasteiger partial charge in [-0.05, 0) is 81.0 Å². The number of benzene rings is 2. The normalized spacial score (nSPS) is 23.9. The Morgan fingerprint density at radius 3 is 2.76 bits per heavy atom. The highest BCUT2D eigenvalue weighted by Gasteiger charge is 2.38. The number of aliphatic hydroxyl groups excluding tert-OH is 1. The number of anilines is 1. The number of amides is 1. The second kappa shape index (κ2) is 9.01. The van der Waals surface area contributed by atoms with Crippen LogP contribution in [0.25, 0.3) is 11.1 Å². The molecular formula is C28H31FN2O3. The van der Waals surface area contributed by atoms with Crippen LogP contribution in [0.1, 0.15) is 49.8 Å². The van der Waals surface area contributed by atoms with Gasteiger partial charge in [0.25, 0.3) is 5.91 Å². The van der Waals surface area contributed by atoms with E-state index < -0.39 is 5.60 Å². The number of hydrogen-bond acceptors (Lipinski definition) is 4. The fraction of sp³-hybridized carbons (Fsp3) is 0.393. The number of likely N-dealkylation sites (tertiary alicyclic amines) is 1. The minimum atomic E-state index is -0.600. The van der Waals surface area contributed by atoms with Crippen LogP contribution >= 0.6 is 0 Å². The van der Waals surface area contributed by atoms with Gasteiger partial charge in [0.2, 0.25) is 0 Å². The van der Waals surface area contributed by atoms with E-state index in [-0.39, 0.29) is 18.3 Å². The third kappa shape index (κ3) is 4.40. The van der Waals surface area contributed by atoms with Gasteiger partial charge in [-0.1, -0.05) is 24.3 Å². The maximum absolute atomic E-state index is 13.6. The second-order valence-electron chi connectivity index (χ2n) is 10.0. The zero-order valence-corrected chi connectivity index (χ0v) is 19.7. The van der Waals surface area contributed by atoms with Crippen LogP contribution in [0.15, 0.2) is 54.3 Å². The van der Waals surface area contributed by atoms with Crippen LogP contribution in [0, 0.1) is 11.7 Å². The molecule has 3 aliphatic rings. The number of carbonyl (C=O) groups is 1. The van der Waals surface area contributed by atoms with Crippen molar-refractivity contribution < 1.29 is 19.0 Å². The first-order valence-corrected chi connectivity index (χ1v) is 12.0. The molecule has 2 aromatic rings. The lowest BCUT2D eigenvalue weighted by molar-refractivity contribution is -0.111. The number of aliphatic hydroxyl groups is 1. The Bertz CT molecular complexity index is 1160. The standard InChI is InChI=1S/C28H31FN2O3/c1-28(2)23(15-25(34-28)26-22-10-9-21(29)14-24(22)30-27(26)33)20-7-5-19(6-8-20)17-31-12-3-4-18(16-31)11-13-32/h5-10,14-15,18,32H,3-4,11-13,16-17H2,1-2H3,(H,30,33). The molecule has 1 unspecified atom stereocenters. The number of piperidine rings is 1. The molecule has 34 heavy (non-hydrogen) atoms. The number of halogens is 1. The van der Waals surface area contributed by atoms with Crippen LogP contribution in [0.2, 0.25) is 0 Å². The quantitative estimate of drug-likeness (QED) is 0.616. The molecule has 5 nitrogen and oxygen atoms in total. The van der Waals surface area contributed by atoms with Crippen molar-refractivity contribution in [2.45, 2.75) is 45.3 Å². The Kier molecular flexibility index (Phi) is 6.04. The fourth-order valence-electron chi connectivity index (χ4n) is 5.37. The first kappa shape index (κ1) is 22.8. The molecule has 0 saturated carbocycles. The monoisotopic (exact) mass is 462 g/mol. The van der Waals surface area contributed by atoms with Crippen LogP contribution in [-0.4, -0.2) is 41.2 Å². The molecular weight excluding hydrogens is 431 g/mol. The highest BCUT2D eigenvalue weighted by Crippen LogP contribution is 2.44. The maximum Gasteiger partial charge on any atom is 0.260 e. The zero-order chi connectivity index (χ0) is 23.9. The highest BCUT2D eigenvalue weighted by molar-refractivity contribution is 6.32. The van der Waals surface area contributed by atoms with Gasteiger partial charge in [0.05, 0.1) is 11.3 Å². The van der Waals surface area contributed by atoms with Crippen molar-refractivity contribution in [1.82, 2.24) is 4.90 Å². The summed E-state index contributed by atoms with van der Waals surface area (Å²) in [6.07, 6.45) is 5.21. The SMILES string of the molecule is CC1(C)OC(=C2C(=O)Nc3cc(F)ccc32)C=C1c1ccc(CN2CCCC(CCO)C2)cc1. The Labute approximate surface area is 199 Å². The van der Waals surface area contributed by atoms with E-state index in [0.29, 0.717) is 28.5 Å². The fourth-order valence-corrected chi connectivity index (χ4v) is 5.37. The number of allylic oxidation sites excluding steroid dienone is 1. The molecule has 6 heteroatoms. The minimum Gasteiger partial charge on any atom is -0.482 e. The van der Waals surface area contributed by atoms with Gasteiger partial charge in [-0.3, -0.25) is 9.69 Å². The number of fused-ring (bicyclic) bond motifs is 1. The predicted molar refractivity (Wildman–Crippen MR) is 131 cm³/mol. The average Bonchev–Trinajstić information content (AvgIpc) is 3.29. The summed E-state index contributed by atoms with van der Waals surface area (Å²) in [4.78, 5) is 15.1. The van der Waals surface area contributed by atoms with Crippen molar-refractivity contribution in [2.75, 3.05) is 25.0 Å². The Balaban J connectivity index is 1.38. The summed E-state index contributed by atoms with van der Waals surface area (Å²) in [5.74, 6) is 0.429. The van der Waals surface area contributed by atoms with Crippen LogP contribution in [-0.2, 0) is 16.1 Å². The lowest BCUT2D eigenvalue weighted by atomic mass is 9.91. The highest BCUT2D eigenvalue weighted by atomic mass is 19.1. The molecule has 1 fully saturated rings.